The van der Waals surface area contributed by atoms with Gasteiger partial charge in [-0.3, -0.25) is 9.79 Å². The molecule has 0 radical (unpaired) electrons. The summed E-state index contributed by atoms with van der Waals surface area (Å²) in [6, 6.07) is 5.68. The number of ether oxygens (including phenoxy) is 2. The van der Waals surface area contributed by atoms with Crippen molar-refractivity contribution in [2.45, 2.75) is 64.3 Å². The number of aliphatic imine (C=N–C) groups is 1. The molecule has 36 heavy (non-hydrogen) atoms. The summed E-state index contributed by atoms with van der Waals surface area (Å²) < 4.78 is 38.8. The highest BCUT2D eigenvalue weighted by atomic mass is 32.2. The highest BCUT2D eigenvalue weighted by Crippen LogP contribution is 2.35. The van der Waals surface area contributed by atoms with Crippen LogP contribution in [0, 0.1) is 18.3 Å². The normalized spacial score (nSPS) is 24.5. The van der Waals surface area contributed by atoms with Gasteiger partial charge in [-0.1, -0.05) is 32.3 Å². The third-order valence-corrected chi connectivity index (χ3v) is 9.61. The van der Waals surface area contributed by atoms with Crippen LogP contribution in [0.5, 0.6) is 5.75 Å². The maximum Gasteiger partial charge on any atom is 0.253 e. The van der Waals surface area contributed by atoms with Gasteiger partial charge in [-0.15, -0.1) is 0 Å². The summed E-state index contributed by atoms with van der Waals surface area (Å²) >= 11 is 0. The number of benzene rings is 1. The van der Waals surface area contributed by atoms with Crippen LogP contribution in [0.25, 0.3) is 6.08 Å². The van der Waals surface area contributed by atoms with Crippen molar-refractivity contribution in [3.8, 4) is 5.75 Å². The average Bonchev–Trinajstić information content (AvgIpc) is 3.17. The molecule has 0 bridgehead atoms. The maximum absolute atomic E-state index is 13.1. The summed E-state index contributed by atoms with van der Waals surface area (Å²) in [5.74, 6) is 1.87. The fourth-order valence-corrected chi connectivity index (χ4v) is 6.70. The highest BCUT2D eigenvalue weighted by molar-refractivity contribution is 7.92. The van der Waals surface area contributed by atoms with Crippen LogP contribution in [-0.2, 0) is 19.6 Å². The molecule has 1 N–H and O–H groups in total. The molecule has 1 aliphatic carbocycles. The van der Waals surface area contributed by atoms with Gasteiger partial charge < -0.3 is 14.8 Å². The molecule has 1 amide bonds. The molecule has 3 fully saturated rings. The van der Waals surface area contributed by atoms with Gasteiger partial charge in [0, 0.05) is 29.8 Å². The predicted octanol–water partition coefficient (Wildman–Crippen LogP) is 3.65. The van der Waals surface area contributed by atoms with E-state index < -0.39 is 15.6 Å². The van der Waals surface area contributed by atoms with Crippen LogP contribution < -0.4 is 10.1 Å². The van der Waals surface area contributed by atoms with E-state index in [0.717, 1.165) is 35.6 Å². The summed E-state index contributed by atoms with van der Waals surface area (Å²) in [5, 5.41) is 4.30. The molecule has 0 aromatic heterocycles. The number of amides is 1. The number of carbonyl (C=O) groups is 1. The molecule has 3 aliphatic heterocycles. The molecular formula is C27H37N3O5S. The van der Waals surface area contributed by atoms with Crippen molar-refractivity contribution in [3.63, 3.8) is 0 Å². The molecule has 3 heterocycles. The van der Waals surface area contributed by atoms with Gasteiger partial charge >= 0.3 is 0 Å². The first-order chi connectivity index (χ1) is 17.2. The van der Waals surface area contributed by atoms with Gasteiger partial charge in [-0.05, 0) is 61.9 Å². The largest absolute Gasteiger partial charge is 0.493 e. The Labute approximate surface area is 214 Å². The van der Waals surface area contributed by atoms with Crippen molar-refractivity contribution < 1.29 is 22.7 Å². The number of carbonyl (C=O) groups excluding carboxylic acids is 1. The summed E-state index contributed by atoms with van der Waals surface area (Å²) in [6.07, 6.45) is 8.21. The van der Waals surface area contributed by atoms with Crippen molar-refractivity contribution in [2.24, 2.45) is 16.3 Å². The Hall–Kier alpha value is -2.23. The second kappa shape index (κ2) is 9.91. The number of hydrogen-bond donors (Lipinski definition) is 1. The van der Waals surface area contributed by atoms with E-state index in [-0.39, 0.29) is 24.4 Å². The molecule has 0 atom stereocenters. The van der Waals surface area contributed by atoms with Crippen LogP contribution in [0.4, 0.5) is 0 Å². The minimum atomic E-state index is -3.60. The zero-order valence-electron chi connectivity index (χ0n) is 21.3. The van der Waals surface area contributed by atoms with Crippen LogP contribution in [0.3, 0.4) is 0 Å². The van der Waals surface area contributed by atoms with E-state index in [1.54, 1.807) is 6.08 Å². The fourth-order valence-electron chi connectivity index (χ4n) is 5.52. The van der Waals surface area contributed by atoms with Gasteiger partial charge in [0.05, 0.1) is 19.8 Å². The highest BCUT2D eigenvalue weighted by Gasteiger charge is 2.48. The average molecular weight is 516 g/mol. The second-order valence-corrected chi connectivity index (χ2v) is 13.0. The van der Waals surface area contributed by atoms with E-state index in [9.17, 15) is 13.2 Å². The zero-order chi connectivity index (χ0) is 25.4. The number of amidine groups is 1. The van der Waals surface area contributed by atoms with Gasteiger partial charge in [0.2, 0.25) is 10.0 Å². The molecule has 1 aromatic carbocycles. The lowest BCUT2D eigenvalue weighted by Crippen LogP contribution is -2.50. The zero-order valence-corrected chi connectivity index (χ0v) is 22.1. The van der Waals surface area contributed by atoms with E-state index in [1.807, 2.05) is 25.1 Å². The molecule has 2 saturated heterocycles. The summed E-state index contributed by atoms with van der Waals surface area (Å²) in [7, 11) is -3.60. The second-order valence-electron chi connectivity index (χ2n) is 11.2. The molecule has 196 valence electrons. The van der Waals surface area contributed by atoms with Crippen molar-refractivity contribution >= 4 is 27.8 Å². The van der Waals surface area contributed by atoms with Crippen LogP contribution in [-0.4, -0.2) is 62.9 Å². The van der Waals surface area contributed by atoms with E-state index in [2.05, 4.69) is 12.2 Å². The van der Waals surface area contributed by atoms with Crippen LogP contribution in [0.15, 0.2) is 28.6 Å². The van der Waals surface area contributed by atoms with E-state index in [4.69, 9.17) is 14.5 Å². The number of nitrogens with zero attached hydrogens (tertiary/aromatic N) is 2. The number of nitrogens with one attached hydrogen (secondary N) is 1. The van der Waals surface area contributed by atoms with Crippen molar-refractivity contribution in [2.75, 3.05) is 32.9 Å². The van der Waals surface area contributed by atoms with Crippen LogP contribution >= 0.6 is 0 Å². The summed E-state index contributed by atoms with van der Waals surface area (Å²) in [4.78, 5) is 17.7. The Balaban J connectivity index is 1.19. The first kappa shape index (κ1) is 25.4. The van der Waals surface area contributed by atoms with Crippen molar-refractivity contribution in [3.05, 3.63) is 34.7 Å². The first-order valence-corrected chi connectivity index (χ1v) is 14.6. The molecule has 4 aliphatic rings. The molecular weight excluding hydrogens is 478 g/mol. The van der Waals surface area contributed by atoms with Crippen LogP contribution in [0.2, 0.25) is 0 Å². The Morgan fingerprint density at radius 2 is 1.92 bits per heavy atom. The third-order valence-electron chi connectivity index (χ3n) is 8.05. The molecule has 9 heteroatoms. The molecule has 1 aromatic rings. The quantitative estimate of drug-likeness (QED) is 0.598. The van der Waals surface area contributed by atoms with E-state index in [0.29, 0.717) is 38.6 Å². The van der Waals surface area contributed by atoms with Gasteiger partial charge in [-0.25, -0.2) is 8.42 Å². The maximum atomic E-state index is 13.1. The monoisotopic (exact) mass is 515 g/mol. The Morgan fingerprint density at radius 1 is 1.19 bits per heavy atom. The minimum absolute atomic E-state index is 0.0626. The minimum Gasteiger partial charge on any atom is -0.493 e. The Bertz CT molecular complexity index is 1160. The Kier molecular flexibility index (Phi) is 7.00. The van der Waals surface area contributed by atoms with E-state index >= 15 is 0 Å². The SMILES string of the molecule is Cc1cc(OCC2(C)COC2)ccc1C=CS(=O)(=O)N1CCC2(CC1)N=C(C1CCCCC1)NC2=O. The topological polar surface area (TPSA) is 97.3 Å². The fraction of sp³-hybridized carbons (Fsp3) is 0.630. The van der Waals surface area contributed by atoms with Gasteiger partial charge in [-0.2, -0.15) is 4.31 Å². The van der Waals surface area contributed by atoms with Crippen molar-refractivity contribution in [1.29, 1.82) is 0 Å². The molecule has 1 saturated carbocycles. The lowest BCUT2D eigenvalue weighted by Gasteiger charge is -2.37. The Morgan fingerprint density at radius 3 is 2.56 bits per heavy atom. The summed E-state index contributed by atoms with van der Waals surface area (Å²) in [6.45, 7) is 6.66. The molecule has 1 spiro atoms. The molecule has 0 unspecified atom stereocenters. The van der Waals surface area contributed by atoms with Crippen LogP contribution in [0.1, 0.15) is 63.0 Å². The lowest BCUT2D eigenvalue weighted by molar-refractivity contribution is -0.125. The van der Waals surface area contributed by atoms with Gasteiger partial charge in [0.1, 0.15) is 17.1 Å². The van der Waals surface area contributed by atoms with Crippen molar-refractivity contribution in [1.82, 2.24) is 9.62 Å². The number of rotatable bonds is 7. The van der Waals surface area contributed by atoms with Gasteiger partial charge in [0.25, 0.3) is 5.91 Å². The third kappa shape index (κ3) is 5.24. The summed E-state index contributed by atoms with van der Waals surface area (Å²) in [5.41, 5.74) is 1.03. The number of sulfonamides is 1. The van der Waals surface area contributed by atoms with E-state index in [1.165, 1.54) is 29.0 Å². The lowest BCUT2D eigenvalue weighted by atomic mass is 9.88. The van der Waals surface area contributed by atoms with Gasteiger partial charge in [0.15, 0.2) is 0 Å². The first-order valence-electron chi connectivity index (χ1n) is 13.1. The smallest absolute Gasteiger partial charge is 0.253 e. The molecule has 5 rings (SSSR count). The standard InChI is InChI=1S/C27H37N3O5S/c1-20-16-23(35-19-26(2)17-34-18-26)9-8-21(20)10-15-36(32,33)30-13-11-27(12-14-30)25(31)28-24(29-27)22-6-4-3-5-7-22/h8-10,15-16,22H,3-7,11-14,17-19H2,1-2H3,(H,28,29,31). The number of aryl methyl sites for hydroxylation is 1. The number of piperidine rings is 1. The predicted molar refractivity (Wildman–Crippen MR) is 139 cm³/mol. The molecule has 8 nitrogen and oxygen atoms in total. The number of hydrogen-bond acceptors (Lipinski definition) is 6.